The van der Waals surface area contributed by atoms with Crippen LogP contribution in [0.15, 0.2) is 0 Å². The normalized spacial score (nSPS) is 22.3. The number of nitrogens with one attached hydrogen (secondary N) is 2. The van der Waals surface area contributed by atoms with E-state index in [0.717, 1.165) is 25.7 Å². The Morgan fingerprint density at radius 1 is 0.900 bits per heavy atom. The molecule has 7 heteroatoms. The highest BCUT2D eigenvalue weighted by Crippen LogP contribution is 2.33. The lowest BCUT2D eigenvalue weighted by Crippen LogP contribution is -2.54. The minimum Gasteiger partial charge on any atom is -0.444 e. The fraction of sp³-hybridized carbons (Fsp3) is 0.870. The molecule has 170 valence electrons. The van der Waals surface area contributed by atoms with Gasteiger partial charge in [-0.3, -0.25) is 9.59 Å². The van der Waals surface area contributed by atoms with Crippen molar-refractivity contribution >= 4 is 17.9 Å². The maximum atomic E-state index is 13.3. The van der Waals surface area contributed by atoms with E-state index in [1.807, 2.05) is 20.8 Å². The van der Waals surface area contributed by atoms with Crippen LogP contribution in [0.3, 0.4) is 0 Å². The van der Waals surface area contributed by atoms with Gasteiger partial charge in [-0.25, -0.2) is 4.79 Å². The minimum atomic E-state index is -1.23. The van der Waals surface area contributed by atoms with E-state index in [-0.39, 0.29) is 18.4 Å². The molecule has 1 aliphatic heterocycles. The Balaban J connectivity index is 1.66. The molecule has 0 unspecified atom stereocenters. The van der Waals surface area contributed by atoms with E-state index in [1.54, 1.807) is 0 Å². The number of carbonyl (C=O) groups is 3. The van der Waals surface area contributed by atoms with E-state index in [1.165, 1.54) is 30.6 Å². The van der Waals surface area contributed by atoms with Crippen LogP contribution < -0.4 is 10.6 Å². The van der Waals surface area contributed by atoms with Gasteiger partial charge in [-0.1, -0.05) is 25.7 Å². The zero-order valence-electron chi connectivity index (χ0n) is 18.9. The van der Waals surface area contributed by atoms with Gasteiger partial charge < -0.3 is 20.3 Å². The first-order valence-corrected chi connectivity index (χ1v) is 11.7. The molecule has 0 radical (unpaired) electrons. The third-order valence-electron chi connectivity index (χ3n) is 6.84. The predicted octanol–water partition coefficient (Wildman–Crippen LogP) is 3.23. The zero-order chi connectivity index (χ0) is 21.8. The van der Waals surface area contributed by atoms with Crippen LogP contribution in [0.25, 0.3) is 0 Å². The SMILES string of the molecule is CC(C)(C)OC(=O)N1CCC(C(=O)NCC2CCCC2)(C(=O)NCC2CCCC2)C1. The summed E-state index contributed by atoms with van der Waals surface area (Å²) in [7, 11) is 0. The molecule has 0 atom stereocenters. The van der Waals surface area contributed by atoms with Crippen molar-refractivity contribution in [1.29, 1.82) is 0 Å². The van der Waals surface area contributed by atoms with Gasteiger partial charge in [-0.05, 0) is 64.7 Å². The Morgan fingerprint density at radius 3 is 1.80 bits per heavy atom. The summed E-state index contributed by atoms with van der Waals surface area (Å²) in [6.07, 6.45) is 9.22. The standard InChI is InChI=1S/C23H39N3O4/c1-22(2,3)30-21(29)26-13-12-23(16-26,19(27)24-14-17-8-4-5-9-17)20(28)25-15-18-10-6-7-11-18/h17-18H,4-16H2,1-3H3,(H,24,27)(H,25,28). The second-order valence-corrected chi connectivity index (χ2v) is 10.5. The van der Waals surface area contributed by atoms with Crippen LogP contribution in [0.5, 0.6) is 0 Å². The summed E-state index contributed by atoms with van der Waals surface area (Å²) in [5, 5.41) is 6.09. The van der Waals surface area contributed by atoms with Crippen molar-refractivity contribution in [2.45, 2.75) is 84.2 Å². The summed E-state index contributed by atoms with van der Waals surface area (Å²) >= 11 is 0. The van der Waals surface area contributed by atoms with Gasteiger partial charge in [0.25, 0.3) is 0 Å². The summed E-state index contributed by atoms with van der Waals surface area (Å²) in [4.78, 5) is 40.6. The van der Waals surface area contributed by atoms with E-state index >= 15 is 0 Å². The van der Waals surface area contributed by atoms with Crippen molar-refractivity contribution in [3.63, 3.8) is 0 Å². The Kier molecular flexibility index (Phi) is 7.30. The fourth-order valence-corrected chi connectivity index (χ4v) is 5.01. The maximum Gasteiger partial charge on any atom is 0.410 e. The van der Waals surface area contributed by atoms with Gasteiger partial charge in [0, 0.05) is 26.2 Å². The van der Waals surface area contributed by atoms with Crippen molar-refractivity contribution in [2.75, 3.05) is 26.2 Å². The van der Waals surface area contributed by atoms with Crippen LogP contribution in [0.4, 0.5) is 4.79 Å². The van der Waals surface area contributed by atoms with Gasteiger partial charge in [0.1, 0.15) is 11.0 Å². The van der Waals surface area contributed by atoms with Gasteiger partial charge in [-0.2, -0.15) is 0 Å². The molecule has 3 rings (SSSR count). The number of rotatable bonds is 6. The van der Waals surface area contributed by atoms with Crippen LogP contribution >= 0.6 is 0 Å². The lowest BCUT2D eigenvalue weighted by Gasteiger charge is -2.29. The van der Waals surface area contributed by atoms with Crippen LogP contribution in [0, 0.1) is 17.3 Å². The minimum absolute atomic E-state index is 0.0783. The predicted molar refractivity (Wildman–Crippen MR) is 115 cm³/mol. The Hall–Kier alpha value is -1.79. The molecule has 0 spiro atoms. The summed E-state index contributed by atoms with van der Waals surface area (Å²) in [6.45, 7) is 7.11. The van der Waals surface area contributed by atoms with E-state index in [2.05, 4.69) is 10.6 Å². The molecular formula is C23H39N3O4. The number of amides is 3. The molecule has 30 heavy (non-hydrogen) atoms. The van der Waals surface area contributed by atoms with Crippen LogP contribution in [0.1, 0.15) is 78.6 Å². The van der Waals surface area contributed by atoms with Gasteiger partial charge in [0.15, 0.2) is 0 Å². The molecule has 0 aromatic carbocycles. The third-order valence-corrected chi connectivity index (χ3v) is 6.84. The highest BCUT2D eigenvalue weighted by molar-refractivity contribution is 6.06. The number of hydrogen-bond donors (Lipinski definition) is 2. The van der Waals surface area contributed by atoms with Crippen molar-refractivity contribution in [3.8, 4) is 0 Å². The fourth-order valence-electron chi connectivity index (χ4n) is 5.01. The third kappa shape index (κ3) is 5.67. The smallest absolute Gasteiger partial charge is 0.410 e. The molecule has 1 saturated heterocycles. The Bertz CT molecular complexity index is 599. The summed E-state index contributed by atoms with van der Waals surface area (Å²) in [5.41, 5.74) is -1.84. The van der Waals surface area contributed by atoms with Gasteiger partial charge in [0.05, 0.1) is 0 Å². The molecule has 0 aromatic heterocycles. The molecule has 2 aliphatic carbocycles. The zero-order valence-corrected chi connectivity index (χ0v) is 18.9. The number of nitrogens with zero attached hydrogens (tertiary/aromatic N) is 1. The topological polar surface area (TPSA) is 87.7 Å². The quantitative estimate of drug-likeness (QED) is 0.645. The van der Waals surface area contributed by atoms with Crippen LogP contribution in [-0.4, -0.2) is 54.6 Å². The second-order valence-electron chi connectivity index (χ2n) is 10.5. The molecule has 3 amide bonds. The van der Waals surface area contributed by atoms with E-state index in [0.29, 0.717) is 37.9 Å². The first-order chi connectivity index (χ1) is 14.2. The number of ether oxygens (including phenoxy) is 1. The molecule has 0 aromatic rings. The average Bonchev–Trinajstić information content (AvgIpc) is 3.45. The number of hydrogen-bond acceptors (Lipinski definition) is 4. The first kappa shape index (κ1) is 22.9. The molecule has 3 fully saturated rings. The molecule has 1 heterocycles. The number of likely N-dealkylation sites (tertiary alicyclic amines) is 1. The monoisotopic (exact) mass is 421 g/mol. The first-order valence-electron chi connectivity index (χ1n) is 11.7. The van der Waals surface area contributed by atoms with E-state index in [9.17, 15) is 14.4 Å². The van der Waals surface area contributed by atoms with Crippen molar-refractivity contribution in [3.05, 3.63) is 0 Å². The molecule has 2 saturated carbocycles. The highest BCUT2D eigenvalue weighted by atomic mass is 16.6. The van der Waals surface area contributed by atoms with Gasteiger partial charge in [0.2, 0.25) is 11.8 Å². The number of carbonyl (C=O) groups excluding carboxylic acids is 3. The molecule has 3 aliphatic rings. The Labute approximate surface area is 180 Å². The largest absolute Gasteiger partial charge is 0.444 e. The molecule has 2 N–H and O–H groups in total. The summed E-state index contributed by atoms with van der Waals surface area (Å²) in [6, 6.07) is 0. The second kappa shape index (κ2) is 9.56. The lowest BCUT2D eigenvalue weighted by molar-refractivity contribution is -0.143. The summed E-state index contributed by atoms with van der Waals surface area (Å²) < 4.78 is 5.48. The maximum absolute atomic E-state index is 13.3. The van der Waals surface area contributed by atoms with E-state index in [4.69, 9.17) is 4.74 Å². The average molecular weight is 422 g/mol. The van der Waals surface area contributed by atoms with Crippen LogP contribution in [0.2, 0.25) is 0 Å². The van der Waals surface area contributed by atoms with Crippen LogP contribution in [-0.2, 0) is 14.3 Å². The van der Waals surface area contributed by atoms with Crippen molar-refractivity contribution in [2.24, 2.45) is 17.3 Å². The van der Waals surface area contributed by atoms with Gasteiger partial charge in [-0.15, -0.1) is 0 Å². The summed E-state index contributed by atoms with van der Waals surface area (Å²) in [5.74, 6) is 0.501. The van der Waals surface area contributed by atoms with Crippen molar-refractivity contribution in [1.82, 2.24) is 15.5 Å². The highest BCUT2D eigenvalue weighted by Gasteiger charge is 2.52. The molecule has 7 nitrogen and oxygen atoms in total. The van der Waals surface area contributed by atoms with Crippen molar-refractivity contribution < 1.29 is 19.1 Å². The Morgan fingerprint density at radius 2 is 1.37 bits per heavy atom. The van der Waals surface area contributed by atoms with Gasteiger partial charge >= 0.3 is 6.09 Å². The van der Waals surface area contributed by atoms with E-state index < -0.39 is 17.1 Å². The molecular weight excluding hydrogens is 382 g/mol. The molecule has 0 bridgehead atoms. The lowest BCUT2D eigenvalue weighted by atomic mass is 9.84.